The van der Waals surface area contributed by atoms with Gasteiger partial charge in [0.1, 0.15) is 5.76 Å². The van der Waals surface area contributed by atoms with Crippen molar-refractivity contribution in [2.24, 2.45) is 0 Å². The van der Waals surface area contributed by atoms with Gasteiger partial charge in [-0.25, -0.2) is 4.98 Å². The van der Waals surface area contributed by atoms with Crippen molar-refractivity contribution in [3.8, 4) is 0 Å². The van der Waals surface area contributed by atoms with Crippen molar-refractivity contribution >= 4 is 5.91 Å². The zero-order valence-corrected chi connectivity index (χ0v) is 11.1. The Hall–Kier alpha value is -1.36. The van der Waals surface area contributed by atoms with Crippen molar-refractivity contribution in [2.75, 3.05) is 19.6 Å². The first-order valence-electron chi connectivity index (χ1n) is 6.66. The van der Waals surface area contributed by atoms with Crippen LogP contribution in [0.3, 0.4) is 0 Å². The van der Waals surface area contributed by atoms with E-state index >= 15 is 0 Å². The van der Waals surface area contributed by atoms with Crippen LogP contribution in [0.25, 0.3) is 0 Å². The Morgan fingerprint density at radius 3 is 2.94 bits per heavy atom. The van der Waals surface area contributed by atoms with Gasteiger partial charge in [-0.15, -0.1) is 0 Å². The minimum atomic E-state index is 0.0494. The number of aromatic nitrogens is 1. The molecule has 0 aliphatic heterocycles. The summed E-state index contributed by atoms with van der Waals surface area (Å²) in [4.78, 5) is 17.8. The predicted octanol–water partition coefficient (Wildman–Crippen LogP) is 1.51. The van der Waals surface area contributed by atoms with Gasteiger partial charge in [-0.2, -0.15) is 0 Å². The maximum atomic E-state index is 11.5. The summed E-state index contributed by atoms with van der Waals surface area (Å²) in [6.07, 6.45) is 4.25. The Morgan fingerprint density at radius 2 is 2.33 bits per heavy atom. The molecule has 0 atom stereocenters. The third kappa shape index (κ3) is 3.57. The van der Waals surface area contributed by atoms with Crippen LogP contribution in [0.15, 0.2) is 10.6 Å². The highest BCUT2D eigenvalue weighted by Gasteiger charge is 2.27. The number of carbonyl (C=O) groups excluding carboxylic acids is 1. The summed E-state index contributed by atoms with van der Waals surface area (Å²) in [6, 6.07) is 0. The number of likely N-dealkylation sites (N-methyl/N-ethyl adjacent to an activating group) is 2. The van der Waals surface area contributed by atoms with Crippen LogP contribution in [0.4, 0.5) is 0 Å². The van der Waals surface area contributed by atoms with Gasteiger partial charge in [-0.05, 0) is 26.3 Å². The molecule has 1 aliphatic carbocycles. The standard InChI is InChI=1S/C13H21N3O2/c1-3-14-12(17)8-16(4-2)9-13-15-7-11(18-13)10-5-6-10/h7,10H,3-6,8-9H2,1-2H3,(H,14,17). The van der Waals surface area contributed by atoms with E-state index in [1.165, 1.54) is 12.8 Å². The molecule has 5 nitrogen and oxygen atoms in total. The van der Waals surface area contributed by atoms with E-state index < -0.39 is 0 Å². The fraction of sp³-hybridized carbons (Fsp3) is 0.692. The maximum Gasteiger partial charge on any atom is 0.234 e. The molecule has 0 unspecified atom stereocenters. The van der Waals surface area contributed by atoms with Crippen LogP contribution >= 0.6 is 0 Å². The molecule has 0 radical (unpaired) electrons. The summed E-state index contributed by atoms with van der Waals surface area (Å²) < 4.78 is 5.70. The van der Waals surface area contributed by atoms with Crippen LogP contribution in [-0.2, 0) is 11.3 Å². The second-order valence-electron chi connectivity index (χ2n) is 4.69. The lowest BCUT2D eigenvalue weighted by atomic mass is 10.3. The van der Waals surface area contributed by atoms with Gasteiger partial charge in [0.15, 0.2) is 0 Å². The van der Waals surface area contributed by atoms with E-state index in [9.17, 15) is 4.79 Å². The van der Waals surface area contributed by atoms with E-state index in [1.54, 1.807) is 0 Å². The lowest BCUT2D eigenvalue weighted by Crippen LogP contribution is -2.36. The van der Waals surface area contributed by atoms with Crippen LogP contribution in [0.2, 0.25) is 0 Å². The van der Waals surface area contributed by atoms with Gasteiger partial charge < -0.3 is 9.73 Å². The summed E-state index contributed by atoms with van der Waals surface area (Å²) in [5.74, 6) is 2.35. The fourth-order valence-electron chi connectivity index (χ4n) is 1.88. The largest absolute Gasteiger partial charge is 0.444 e. The van der Waals surface area contributed by atoms with Gasteiger partial charge in [0.25, 0.3) is 0 Å². The van der Waals surface area contributed by atoms with Crippen molar-refractivity contribution in [3.05, 3.63) is 17.8 Å². The molecule has 18 heavy (non-hydrogen) atoms. The first-order chi connectivity index (χ1) is 8.72. The molecule has 1 heterocycles. The number of carbonyl (C=O) groups is 1. The second kappa shape index (κ2) is 6.00. The molecule has 1 saturated carbocycles. The number of amides is 1. The number of rotatable bonds is 7. The lowest BCUT2D eigenvalue weighted by molar-refractivity contribution is -0.122. The molecule has 0 bridgehead atoms. The first kappa shape index (κ1) is 13.1. The van der Waals surface area contributed by atoms with Crippen molar-refractivity contribution in [1.29, 1.82) is 0 Å². The molecule has 1 fully saturated rings. The van der Waals surface area contributed by atoms with Gasteiger partial charge in [0.2, 0.25) is 11.8 Å². The Labute approximate surface area is 108 Å². The SMILES string of the molecule is CCNC(=O)CN(CC)Cc1ncc(C2CC2)o1. The minimum Gasteiger partial charge on any atom is -0.444 e. The highest BCUT2D eigenvalue weighted by Crippen LogP contribution is 2.40. The molecule has 100 valence electrons. The Morgan fingerprint density at radius 1 is 1.56 bits per heavy atom. The summed E-state index contributed by atoms with van der Waals surface area (Å²) >= 11 is 0. The molecule has 0 spiro atoms. The van der Waals surface area contributed by atoms with E-state index in [0.29, 0.717) is 31.4 Å². The summed E-state index contributed by atoms with van der Waals surface area (Å²) in [7, 11) is 0. The van der Waals surface area contributed by atoms with E-state index in [-0.39, 0.29) is 5.91 Å². The second-order valence-corrected chi connectivity index (χ2v) is 4.69. The Balaban J connectivity index is 1.86. The molecule has 1 N–H and O–H groups in total. The van der Waals surface area contributed by atoms with E-state index in [4.69, 9.17) is 4.42 Å². The molecule has 1 aromatic heterocycles. The van der Waals surface area contributed by atoms with Crippen molar-refractivity contribution in [2.45, 2.75) is 39.2 Å². The molecule has 2 rings (SSSR count). The lowest BCUT2D eigenvalue weighted by Gasteiger charge is -2.17. The molecular formula is C13H21N3O2. The van der Waals surface area contributed by atoms with Crippen LogP contribution in [0.5, 0.6) is 0 Å². The van der Waals surface area contributed by atoms with E-state index in [0.717, 1.165) is 12.3 Å². The number of nitrogens with zero attached hydrogens (tertiary/aromatic N) is 2. The Bertz CT molecular complexity index is 399. The average molecular weight is 251 g/mol. The zero-order valence-electron chi connectivity index (χ0n) is 11.1. The van der Waals surface area contributed by atoms with Gasteiger partial charge in [0, 0.05) is 12.5 Å². The zero-order chi connectivity index (χ0) is 13.0. The quantitative estimate of drug-likeness (QED) is 0.798. The van der Waals surface area contributed by atoms with Crippen molar-refractivity contribution < 1.29 is 9.21 Å². The topological polar surface area (TPSA) is 58.4 Å². The molecule has 5 heteroatoms. The number of nitrogens with one attached hydrogen (secondary N) is 1. The summed E-state index contributed by atoms with van der Waals surface area (Å²) in [5.41, 5.74) is 0. The van der Waals surface area contributed by atoms with Crippen molar-refractivity contribution in [1.82, 2.24) is 15.2 Å². The van der Waals surface area contributed by atoms with Gasteiger partial charge in [0.05, 0.1) is 19.3 Å². The first-order valence-corrected chi connectivity index (χ1v) is 6.66. The van der Waals surface area contributed by atoms with Crippen molar-refractivity contribution in [3.63, 3.8) is 0 Å². The molecule has 0 aromatic carbocycles. The van der Waals surface area contributed by atoms with Gasteiger partial charge in [-0.1, -0.05) is 6.92 Å². The number of hydrogen-bond donors (Lipinski definition) is 1. The summed E-state index contributed by atoms with van der Waals surface area (Å²) in [6.45, 7) is 6.42. The van der Waals surface area contributed by atoms with Crippen LogP contribution in [0.1, 0.15) is 44.3 Å². The molecule has 0 saturated heterocycles. The van der Waals surface area contributed by atoms with Crippen LogP contribution < -0.4 is 5.32 Å². The van der Waals surface area contributed by atoms with Crippen LogP contribution in [-0.4, -0.2) is 35.4 Å². The normalized spacial score (nSPS) is 15.1. The van der Waals surface area contributed by atoms with Gasteiger partial charge >= 0.3 is 0 Å². The minimum absolute atomic E-state index is 0.0494. The third-order valence-corrected chi connectivity index (χ3v) is 3.10. The fourth-order valence-corrected chi connectivity index (χ4v) is 1.88. The molecule has 1 aromatic rings. The molecule has 1 amide bonds. The predicted molar refractivity (Wildman–Crippen MR) is 68.1 cm³/mol. The third-order valence-electron chi connectivity index (χ3n) is 3.10. The Kier molecular flexibility index (Phi) is 4.36. The molecular weight excluding hydrogens is 230 g/mol. The number of oxazole rings is 1. The highest BCUT2D eigenvalue weighted by molar-refractivity contribution is 5.77. The average Bonchev–Trinajstić information content (AvgIpc) is 3.10. The molecule has 1 aliphatic rings. The van der Waals surface area contributed by atoms with E-state index in [2.05, 4.69) is 10.3 Å². The number of hydrogen-bond acceptors (Lipinski definition) is 4. The van der Waals surface area contributed by atoms with Crippen LogP contribution in [0, 0.1) is 0 Å². The smallest absolute Gasteiger partial charge is 0.234 e. The summed E-state index contributed by atoms with van der Waals surface area (Å²) in [5, 5.41) is 2.80. The monoisotopic (exact) mass is 251 g/mol. The highest BCUT2D eigenvalue weighted by atomic mass is 16.4. The van der Waals surface area contributed by atoms with Gasteiger partial charge in [-0.3, -0.25) is 9.69 Å². The van der Waals surface area contributed by atoms with E-state index in [1.807, 2.05) is 24.9 Å². The maximum absolute atomic E-state index is 11.5.